The number of nitrogens with two attached hydrogens (primary N) is 1. The largest absolute Gasteiger partial charge is 0.393 e. The van der Waals surface area contributed by atoms with E-state index >= 15 is 0 Å². The van der Waals surface area contributed by atoms with Gasteiger partial charge in [-0.1, -0.05) is 19.8 Å². The number of rotatable bonds is 7. The van der Waals surface area contributed by atoms with E-state index in [0.29, 0.717) is 12.3 Å². The first-order valence-electron chi connectivity index (χ1n) is 7.33. The molecule has 0 aromatic carbocycles. The number of aliphatic hydroxyl groups excluding tert-OH is 1. The molecule has 0 aliphatic carbocycles. The van der Waals surface area contributed by atoms with Crippen molar-refractivity contribution in [2.24, 2.45) is 11.7 Å². The zero-order valence-electron chi connectivity index (χ0n) is 11.6. The fourth-order valence-corrected chi connectivity index (χ4v) is 2.68. The summed E-state index contributed by atoms with van der Waals surface area (Å²) in [5.74, 6) is 0.847. The lowest BCUT2D eigenvalue weighted by atomic mass is 9.94. The third kappa shape index (κ3) is 5.36. The fraction of sp³-hybridized carbons (Fsp3) is 0.929. The van der Waals surface area contributed by atoms with Crippen molar-refractivity contribution in [3.63, 3.8) is 0 Å². The van der Waals surface area contributed by atoms with Gasteiger partial charge < -0.3 is 15.7 Å². The highest BCUT2D eigenvalue weighted by Crippen LogP contribution is 2.19. The topological polar surface area (TPSA) is 66.6 Å². The zero-order chi connectivity index (χ0) is 13.4. The molecule has 3 N–H and O–H groups in total. The smallest absolute Gasteiger partial charge is 0.222 e. The number of hydrogen-bond donors (Lipinski definition) is 2. The Morgan fingerprint density at radius 1 is 1.33 bits per heavy atom. The Morgan fingerprint density at radius 2 is 2.00 bits per heavy atom. The average Bonchev–Trinajstić information content (AvgIpc) is 2.37. The van der Waals surface area contributed by atoms with Crippen LogP contribution in [-0.4, -0.2) is 41.7 Å². The van der Waals surface area contributed by atoms with Crippen LogP contribution in [0.15, 0.2) is 0 Å². The van der Waals surface area contributed by atoms with E-state index in [4.69, 9.17) is 5.73 Å². The van der Waals surface area contributed by atoms with Crippen LogP contribution in [0.2, 0.25) is 0 Å². The number of likely N-dealkylation sites (tertiary alicyclic amines) is 1. The second kappa shape index (κ2) is 8.48. The number of amides is 1. The number of hydrogen-bond acceptors (Lipinski definition) is 3. The van der Waals surface area contributed by atoms with Gasteiger partial charge in [0.25, 0.3) is 0 Å². The molecule has 0 aromatic rings. The van der Waals surface area contributed by atoms with Gasteiger partial charge >= 0.3 is 0 Å². The molecule has 0 aromatic heterocycles. The molecule has 1 amide bonds. The summed E-state index contributed by atoms with van der Waals surface area (Å²) in [6.45, 7) is 4.33. The van der Waals surface area contributed by atoms with Crippen LogP contribution in [0.1, 0.15) is 51.9 Å². The molecule has 106 valence electrons. The summed E-state index contributed by atoms with van der Waals surface area (Å²) in [6.07, 6.45) is 6.21. The lowest BCUT2D eigenvalue weighted by Gasteiger charge is -2.30. The third-order valence-corrected chi connectivity index (χ3v) is 3.86. The molecule has 1 heterocycles. The van der Waals surface area contributed by atoms with Crippen LogP contribution in [0.5, 0.6) is 0 Å². The molecule has 18 heavy (non-hydrogen) atoms. The van der Waals surface area contributed by atoms with Gasteiger partial charge in [-0.05, 0) is 38.1 Å². The van der Waals surface area contributed by atoms with Gasteiger partial charge in [0.15, 0.2) is 0 Å². The summed E-state index contributed by atoms with van der Waals surface area (Å²) in [4.78, 5) is 13.9. The standard InChI is InChI=1S/C14H28N2O2/c1-2-3-12(6-9-15)4-5-14(18)16-10-7-13(17)8-11-16/h12-13,17H,2-11,15H2,1H3. The summed E-state index contributed by atoms with van der Waals surface area (Å²) < 4.78 is 0. The Kier molecular flexibility index (Phi) is 7.28. The van der Waals surface area contributed by atoms with Gasteiger partial charge in [0, 0.05) is 19.5 Å². The van der Waals surface area contributed by atoms with E-state index in [9.17, 15) is 9.90 Å². The van der Waals surface area contributed by atoms with E-state index in [0.717, 1.165) is 51.7 Å². The fourth-order valence-electron chi connectivity index (χ4n) is 2.68. The first kappa shape index (κ1) is 15.4. The molecule has 0 saturated carbocycles. The van der Waals surface area contributed by atoms with Crippen LogP contribution in [-0.2, 0) is 4.79 Å². The highest BCUT2D eigenvalue weighted by atomic mass is 16.3. The summed E-state index contributed by atoms with van der Waals surface area (Å²) in [5.41, 5.74) is 5.60. The number of nitrogens with zero attached hydrogens (tertiary/aromatic N) is 1. The van der Waals surface area contributed by atoms with Gasteiger partial charge in [0.05, 0.1) is 6.10 Å². The van der Waals surface area contributed by atoms with Crippen molar-refractivity contribution < 1.29 is 9.90 Å². The number of carbonyl (C=O) groups is 1. The minimum atomic E-state index is -0.209. The predicted octanol–water partition coefficient (Wildman–Crippen LogP) is 1.51. The Bertz CT molecular complexity index is 232. The van der Waals surface area contributed by atoms with E-state index < -0.39 is 0 Å². The van der Waals surface area contributed by atoms with Gasteiger partial charge in [0.1, 0.15) is 0 Å². The van der Waals surface area contributed by atoms with Gasteiger partial charge in [0.2, 0.25) is 5.91 Å². The van der Waals surface area contributed by atoms with Crippen LogP contribution in [0, 0.1) is 5.92 Å². The summed E-state index contributed by atoms with van der Waals surface area (Å²) in [7, 11) is 0. The Hall–Kier alpha value is -0.610. The lowest BCUT2D eigenvalue weighted by Crippen LogP contribution is -2.40. The quantitative estimate of drug-likeness (QED) is 0.725. The first-order chi connectivity index (χ1) is 8.67. The molecular formula is C14H28N2O2. The molecule has 4 nitrogen and oxygen atoms in total. The van der Waals surface area contributed by atoms with Crippen molar-refractivity contribution in [3.05, 3.63) is 0 Å². The second-order valence-corrected chi connectivity index (χ2v) is 5.38. The zero-order valence-corrected chi connectivity index (χ0v) is 11.6. The van der Waals surface area contributed by atoms with Crippen LogP contribution in [0.25, 0.3) is 0 Å². The molecule has 0 bridgehead atoms. The average molecular weight is 256 g/mol. The van der Waals surface area contributed by atoms with E-state index in [2.05, 4.69) is 6.92 Å². The van der Waals surface area contributed by atoms with Crippen molar-refractivity contribution >= 4 is 5.91 Å². The van der Waals surface area contributed by atoms with Crippen LogP contribution in [0.3, 0.4) is 0 Å². The minimum Gasteiger partial charge on any atom is -0.393 e. The third-order valence-electron chi connectivity index (χ3n) is 3.86. The molecule has 0 spiro atoms. The van der Waals surface area contributed by atoms with Gasteiger partial charge in [-0.3, -0.25) is 4.79 Å². The molecule has 1 aliphatic rings. The van der Waals surface area contributed by atoms with Crippen molar-refractivity contribution in [1.82, 2.24) is 4.90 Å². The highest BCUT2D eigenvalue weighted by molar-refractivity contribution is 5.76. The van der Waals surface area contributed by atoms with E-state index in [-0.39, 0.29) is 12.0 Å². The molecular weight excluding hydrogens is 228 g/mol. The van der Waals surface area contributed by atoms with Gasteiger partial charge in [-0.15, -0.1) is 0 Å². The molecule has 4 heteroatoms. The van der Waals surface area contributed by atoms with Crippen LogP contribution in [0.4, 0.5) is 0 Å². The number of aliphatic hydroxyl groups is 1. The summed E-state index contributed by atoms with van der Waals surface area (Å²) in [5, 5.41) is 9.41. The van der Waals surface area contributed by atoms with Crippen LogP contribution < -0.4 is 5.73 Å². The highest BCUT2D eigenvalue weighted by Gasteiger charge is 2.21. The molecule has 1 atom stereocenters. The van der Waals surface area contributed by atoms with Gasteiger partial charge in [-0.25, -0.2) is 0 Å². The predicted molar refractivity (Wildman–Crippen MR) is 73.1 cm³/mol. The van der Waals surface area contributed by atoms with Crippen molar-refractivity contribution in [2.75, 3.05) is 19.6 Å². The second-order valence-electron chi connectivity index (χ2n) is 5.38. The monoisotopic (exact) mass is 256 g/mol. The lowest BCUT2D eigenvalue weighted by molar-refractivity contribution is -0.133. The minimum absolute atomic E-state index is 0.209. The Labute approximate surface area is 111 Å². The molecule has 1 unspecified atom stereocenters. The van der Waals surface area contributed by atoms with Crippen molar-refractivity contribution in [2.45, 2.75) is 58.0 Å². The van der Waals surface area contributed by atoms with E-state index in [1.807, 2.05) is 4.90 Å². The van der Waals surface area contributed by atoms with E-state index in [1.54, 1.807) is 0 Å². The van der Waals surface area contributed by atoms with Crippen molar-refractivity contribution in [1.29, 1.82) is 0 Å². The molecule has 1 aliphatic heterocycles. The summed E-state index contributed by atoms with van der Waals surface area (Å²) in [6, 6.07) is 0. The molecule has 1 fully saturated rings. The number of carbonyl (C=O) groups excluding carboxylic acids is 1. The maximum atomic E-state index is 12.0. The van der Waals surface area contributed by atoms with Crippen molar-refractivity contribution in [3.8, 4) is 0 Å². The maximum absolute atomic E-state index is 12.0. The van der Waals surface area contributed by atoms with Gasteiger partial charge in [-0.2, -0.15) is 0 Å². The summed E-state index contributed by atoms with van der Waals surface area (Å²) >= 11 is 0. The Balaban J connectivity index is 2.26. The maximum Gasteiger partial charge on any atom is 0.222 e. The molecule has 0 radical (unpaired) electrons. The number of piperidine rings is 1. The molecule has 1 saturated heterocycles. The first-order valence-corrected chi connectivity index (χ1v) is 7.33. The molecule has 1 rings (SSSR count). The normalized spacial score (nSPS) is 18.9. The van der Waals surface area contributed by atoms with E-state index in [1.165, 1.54) is 6.42 Å². The SMILES string of the molecule is CCCC(CCN)CCC(=O)N1CCC(O)CC1. The van der Waals surface area contributed by atoms with Crippen LogP contribution >= 0.6 is 0 Å². The Morgan fingerprint density at radius 3 is 2.56 bits per heavy atom.